The molecule has 1 unspecified atom stereocenters. The summed E-state index contributed by atoms with van der Waals surface area (Å²) in [5, 5.41) is 8.95. The molecule has 1 nitrogen and oxygen atoms in total. The fourth-order valence-corrected chi connectivity index (χ4v) is 4.65. The second-order valence-electron chi connectivity index (χ2n) is 7.28. The van der Waals surface area contributed by atoms with E-state index >= 15 is 0 Å². The Labute approximate surface area is 133 Å². The molecule has 1 atom stereocenters. The summed E-state index contributed by atoms with van der Waals surface area (Å²) in [5.41, 5.74) is 2.56. The minimum absolute atomic E-state index is 0.206. The Bertz CT molecular complexity index is 564. The first-order valence-corrected chi connectivity index (χ1v) is 8.92. The van der Waals surface area contributed by atoms with Crippen molar-refractivity contribution in [2.24, 2.45) is 17.8 Å². The number of aryl methyl sites for hydroxylation is 1. The van der Waals surface area contributed by atoms with Gasteiger partial charge < -0.3 is 0 Å². The first-order chi connectivity index (χ1) is 10.7. The van der Waals surface area contributed by atoms with Gasteiger partial charge in [0.15, 0.2) is 0 Å². The Hall–Kier alpha value is -1.36. The molecule has 0 aliphatic heterocycles. The highest BCUT2D eigenvalue weighted by atomic mass is 19.1. The van der Waals surface area contributed by atoms with Gasteiger partial charge in [0, 0.05) is 0 Å². The molecule has 0 amide bonds. The maximum atomic E-state index is 13.9. The molecule has 2 heteroatoms. The summed E-state index contributed by atoms with van der Waals surface area (Å²) in [7, 11) is 0. The molecule has 1 aromatic rings. The van der Waals surface area contributed by atoms with Gasteiger partial charge in [-0.1, -0.05) is 32.6 Å². The Morgan fingerprint density at radius 2 is 1.86 bits per heavy atom. The van der Waals surface area contributed by atoms with Crippen molar-refractivity contribution in [2.75, 3.05) is 0 Å². The van der Waals surface area contributed by atoms with Gasteiger partial charge in [-0.2, -0.15) is 5.26 Å². The number of halogens is 1. The molecule has 0 heterocycles. The molecule has 0 N–H and O–H groups in total. The van der Waals surface area contributed by atoms with E-state index in [1.807, 2.05) is 6.07 Å². The number of nitriles is 1. The van der Waals surface area contributed by atoms with Gasteiger partial charge in [0.25, 0.3) is 0 Å². The normalized spacial score (nSPS) is 28.0. The molecule has 2 aliphatic rings. The van der Waals surface area contributed by atoms with Crippen LogP contribution in [0.2, 0.25) is 0 Å². The third kappa shape index (κ3) is 3.19. The molecule has 2 aliphatic carbocycles. The minimum Gasteiger partial charge on any atom is -0.206 e. The van der Waals surface area contributed by atoms with Crippen LogP contribution in [0.5, 0.6) is 0 Å². The second-order valence-corrected chi connectivity index (χ2v) is 7.28. The molecule has 1 saturated carbocycles. The zero-order valence-electron chi connectivity index (χ0n) is 13.6. The quantitative estimate of drug-likeness (QED) is 0.732. The highest BCUT2D eigenvalue weighted by Crippen LogP contribution is 2.40. The number of rotatable bonds is 3. The number of hydrogen-bond donors (Lipinski definition) is 0. The van der Waals surface area contributed by atoms with Crippen molar-refractivity contribution in [1.29, 1.82) is 5.26 Å². The molecule has 0 saturated heterocycles. The molecule has 0 aromatic heterocycles. The van der Waals surface area contributed by atoms with Crippen LogP contribution < -0.4 is 0 Å². The molecular formula is C20H26FN. The lowest BCUT2D eigenvalue weighted by Crippen LogP contribution is -2.26. The van der Waals surface area contributed by atoms with Crippen LogP contribution in [0.3, 0.4) is 0 Å². The Balaban J connectivity index is 1.65. The Kier molecular flexibility index (Phi) is 4.81. The van der Waals surface area contributed by atoms with E-state index < -0.39 is 0 Å². The maximum Gasteiger partial charge on any atom is 0.141 e. The van der Waals surface area contributed by atoms with Gasteiger partial charge in [0.05, 0.1) is 5.56 Å². The fraction of sp³-hybridized carbons (Fsp3) is 0.650. The van der Waals surface area contributed by atoms with Crippen LogP contribution in [0.15, 0.2) is 12.1 Å². The van der Waals surface area contributed by atoms with E-state index in [2.05, 4.69) is 6.92 Å². The van der Waals surface area contributed by atoms with Gasteiger partial charge in [-0.15, -0.1) is 0 Å². The molecule has 1 aromatic carbocycles. The zero-order chi connectivity index (χ0) is 15.5. The SMILES string of the molecule is CCCC1CCC(C2CCc3cc(C#N)c(F)cc3C2)CC1. The fourth-order valence-electron chi connectivity index (χ4n) is 4.65. The highest BCUT2D eigenvalue weighted by Gasteiger charge is 2.30. The lowest BCUT2D eigenvalue weighted by molar-refractivity contribution is 0.184. The van der Waals surface area contributed by atoms with Crippen LogP contribution >= 0.6 is 0 Å². The first kappa shape index (κ1) is 15.5. The predicted octanol–water partition coefficient (Wildman–Crippen LogP) is 5.41. The van der Waals surface area contributed by atoms with Gasteiger partial charge in [-0.05, 0) is 73.1 Å². The number of fused-ring (bicyclic) bond motifs is 1. The third-order valence-electron chi connectivity index (χ3n) is 5.93. The van der Waals surface area contributed by atoms with E-state index in [0.29, 0.717) is 0 Å². The molecule has 0 bridgehead atoms. The summed E-state index contributed by atoms with van der Waals surface area (Å²) >= 11 is 0. The Morgan fingerprint density at radius 1 is 1.09 bits per heavy atom. The molecular weight excluding hydrogens is 273 g/mol. The van der Waals surface area contributed by atoms with Crippen LogP contribution in [0.25, 0.3) is 0 Å². The summed E-state index contributed by atoms with van der Waals surface area (Å²) in [6, 6.07) is 5.37. The second kappa shape index (κ2) is 6.82. The summed E-state index contributed by atoms with van der Waals surface area (Å²) < 4.78 is 13.9. The van der Waals surface area contributed by atoms with Crippen LogP contribution in [0, 0.1) is 34.9 Å². The third-order valence-corrected chi connectivity index (χ3v) is 5.93. The highest BCUT2D eigenvalue weighted by molar-refractivity contribution is 5.40. The van der Waals surface area contributed by atoms with Gasteiger partial charge >= 0.3 is 0 Å². The van der Waals surface area contributed by atoms with Crippen molar-refractivity contribution < 1.29 is 4.39 Å². The van der Waals surface area contributed by atoms with Crippen molar-refractivity contribution in [3.8, 4) is 6.07 Å². The average molecular weight is 299 g/mol. The standard InChI is InChI=1S/C20H26FN/c1-2-3-14-4-6-15(7-5-14)16-8-9-17-11-19(13-22)20(21)12-18(17)10-16/h11-12,14-16H,2-10H2,1H3. The number of benzene rings is 1. The van der Waals surface area contributed by atoms with Crippen LogP contribution in [-0.2, 0) is 12.8 Å². The lowest BCUT2D eigenvalue weighted by atomic mass is 9.69. The summed E-state index contributed by atoms with van der Waals surface area (Å²) in [5.74, 6) is 2.17. The molecule has 1 fully saturated rings. The molecule has 118 valence electrons. The van der Waals surface area contributed by atoms with Gasteiger partial charge in [-0.3, -0.25) is 0 Å². The van der Waals surface area contributed by atoms with E-state index in [4.69, 9.17) is 5.26 Å². The lowest BCUT2D eigenvalue weighted by Gasteiger charge is -2.36. The zero-order valence-corrected chi connectivity index (χ0v) is 13.6. The van der Waals surface area contributed by atoms with E-state index in [0.717, 1.165) is 36.2 Å². The molecule has 3 rings (SSSR count). The maximum absolute atomic E-state index is 13.9. The minimum atomic E-state index is -0.339. The van der Waals surface area contributed by atoms with Crippen molar-refractivity contribution >= 4 is 0 Å². The summed E-state index contributed by atoms with van der Waals surface area (Å²) in [4.78, 5) is 0. The molecule has 0 radical (unpaired) electrons. The van der Waals surface area contributed by atoms with Crippen LogP contribution in [0.1, 0.15) is 68.6 Å². The van der Waals surface area contributed by atoms with E-state index in [-0.39, 0.29) is 11.4 Å². The van der Waals surface area contributed by atoms with E-state index in [9.17, 15) is 4.39 Å². The topological polar surface area (TPSA) is 23.8 Å². The monoisotopic (exact) mass is 299 g/mol. The van der Waals surface area contributed by atoms with Crippen molar-refractivity contribution in [2.45, 2.75) is 64.7 Å². The molecule has 22 heavy (non-hydrogen) atoms. The van der Waals surface area contributed by atoms with Gasteiger partial charge in [0.1, 0.15) is 11.9 Å². The first-order valence-electron chi connectivity index (χ1n) is 8.92. The van der Waals surface area contributed by atoms with Gasteiger partial charge in [-0.25, -0.2) is 4.39 Å². The smallest absolute Gasteiger partial charge is 0.141 e. The van der Waals surface area contributed by atoms with E-state index in [1.165, 1.54) is 50.5 Å². The van der Waals surface area contributed by atoms with Gasteiger partial charge in [0.2, 0.25) is 0 Å². The number of hydrogen-bond acceptors (Lipinski definition) is 1. The summed E-state index contributed by atoms with van der Waals surface area (Å²) in [6.07, 6.45) is 11.5. The van der Waals surface area contributed by atoms with Crippen LogP contribution in [-0.4, -0.2) is 0 Å². The van der Waals surface area contributed by atoms with Crippen molar-refractivity contribution in [3.63, 3.8) is 0 Å². The van der Waals surface area contributed by atoms with Crippen molar-refractivity contribution in [1.82, 2.24) is 0 Å². The van der Waals surface area contributed by atoms with E-state index in [1.54, 1.807) is 12.1 Å². The number of nitrogens with zero attached hydrogens (tertiary/aromatic N) is 1. The van der Waals surface area contributed by atoms with Crippen molar-refractivity contribution in [3.05, 3.63) is 34.6 Å². The summed E-state index contributed by atoms with van der Waals surface area (Å²) in [6.45, 7) is 2.29. The average Bonchev–Trinajstić information content (AvgIpc) is 2.54. The van der Waals surface area contributed by atoms with Crippen LogP contribution in [0.4, 0.5) is 4.39 Å². The largest absolute Gasteiger partial charge is 0.206 e. The molecule has 0 spiro atoms. The predicted molar refractivity (Wildman–Crippen MR) is 87.0 cm³/mol. The Morgan fingerprint density at radius 3 is 2.55 bits per heavy atom.